The van der Waals surface area contributed by atoms with Gasteiger partial charge in [-0.05, 0) is 36.0 Å². The monoisotopic (exact) mass is 440 g/mol. The summed E-state index contributed by atoms with van der Waals surface area (Å²) < 4.78 is 10.9. The highest BCUT2D eigenvalue weighted by Crippen LogP contribution is 2.32. The van der Waals surface area contributed by atoms with Crippen molar-refractivity contribution in [1.82, 2.24) is 15.2 Å². The number of nitrogens with one attached hydrogen (secondary N) is 1. The van der Waals surface area contributed by atoms with E-state index >= 15 is 0 Å². The van der Waals surface area contributed by atoms with E-state index in [-0.39, 0.29) is 28.8 Å². The first-order valence-electron chi connectivity index (χ1n) is 8.80. The van der Waals surface area contributed by atoms with Crippen LogP contribution in [-0.2, 0) is 9.59 Å². The van der Waals surface area contributed by atoms with Gasteiger partial charge in [0.05, 0.1) is 12.0 Å². The van der Waals surface area contributed by atoms with Crippen molar-refractivity contribution in [3.05, 3.63) is 70.4 Å². The van der Waals surface area contributed by atoms with E-state index < -0.39 is 16.7 Å². The van der Waals surface area contributed by atoms with Gasteiger partial charge < -0.3 is 9.47 Å². The molecule has 2 aromatic rings. The lowest BCUT2D eigenvalue weighted by Gasteiger charge is -2.27. The van der Waals surface area contributed by atoms with E-state index in [9.17, 15) is 19.7 Å². The van der Waals surface area contributed by atoms with Crippen LogP contribution in [0.1, 0.15) is 5.56 Å². The normalized spacial score (nSPS) is 14.9. The van der Waals surface area contributed by atoms with E-state index in [0.29, 0.717) is 17.1 Å². The van der Waals surface area contributed by atoms with Gasteiger partial charge in [0.15, 0.2) is 16.6 Å². The molecule has 11 heteroatoms. The standard InChI is InChI=1S/C20H16N4O6S/c1-3-8-23-19(26)14(18(25)22-20(23)31)9-12-4-6-15(16(10-12)29-2)30-17-7-5-13(11-21-17)24(27)28/h3-7,9-11H,1,8H2,2H3,(H,22,25,31)/b14-9+. The van der Waals surface area contributed by atoms with Crippen molar-refractivity contribution in [1.29, 1.82) is 0 Å². The maximum atomic E-state index is 12.6. The molecule has 1 aromatic heterocycles. The van der Waals surface area contributed by atoms with Crippen LogP contribution in [0.25, 0.3) is 6.08 Å². The maximum absolute atomic E-state index is 12.6. The van der Waals surface area contributed by atoms with Crippen molar-refractivity contribution in [3.8, 4) is 17.4 Å². The van der Waals surface area contributed by atoms with Crippen LogP contribution < -0.4 is 14.8 Å². The number of hydrogen-bond donors (Lipinski definition) is 1. The van der Waals surface area contributed by atoms with E-state index in [4.69, 9.17) is 21.7 Å². The zero-order valence-electron chi connectivity index (χ0n) is 16.2. The number of thiocarbonyl (C=S) groups is 1. The lowest BCUT2D eigenvalue weighted by Crippen LogP contribution is -2.53. The molecular formula is C20H16N4O6S. The topological polar surface area (TPSA) is 124 Å². The van der Waals surface area contributed by atoms with Crippen LogP contribution in [0.5, 0.6) is 17.4 Å². The number of ether oxygens (including phenoxy) is 2. The van der Waals surface area contributed by atoms with E-state index in [1.165, 1.54) is 36.3 Å². The Balaban J connectivity index is 1.87. The Labute approximate surface area is 181 Å². The average Bonchev–Trinajstić information content (AvgIpc) is 2.75. The van der Waals surface area contributed by atoms with Gasteiger partial charge in [-0.3, -0.25) is 29.9 Å². The summed E-state index contributed by atoms with van der Waals surface area (Å²) in [7, 11) is 1.42. The molecule has 0 aliphatic carbocycles. The first kappa shape index (κ1) is 21.6. The summed E-state index contributed by atoms with van der Waals surface area (Å²) in [5, 5.41) is 13.2. The molecule has 31 heavy (non-hydrogen) atoms. The van der Waals surface area contributed by atoms with E-state index in [1.54, 1.807) is 18.2 Å². The first-order valence-corrected chi connectivity index (χ1v) is 9.21. The Morgan fingerprint density at radius 1 is 1.29 bits per heavy atom. The smallest absolute Gasteiger partial charge is 0.287 e. The fourth-order valence-corrected chi connectivity index (χ4v) is 2.92. The van der Waals surface area contributed by atoms with E-state index in [2.05, 4.69) is 16.9 Å². The fourth-order valence-electron chi connectivity index (χ4n) is 2.67. The van der Waals surface area contributed by atoms with Crippen molar-refractivity contribution in [2.24, 2.45) is 0 Å². The molecule has 1 aliphatic heterocycles. The van der Waals surface area contributed by atoms with E-state index in [0.717, 1.165) is 6.20 Å². The van der Waals surface area contributed by atoms with Crippen molar-refractivity contribution < 1.29 is 24.0 Å². The summed E-state index contributed by atoms with van der Waals surface area (Å²) in [5.74, 6) is -0.422. The third kappa shape index (κ3) is 4.73. The molecule has 158 valence electrons. The van der Waals surface area contributed by atoms with Crippen molar-refractivity contribution in [3.63, 3.8) is 0 Å². The molecule has 0 spiro atoms. The molecule has 0 unspecified atom stereocenters. The van der Waals surface area contributed by atoms with Crippen LogP contribution in [0.15, 0.2) is 54.8 Å². The Morgan fingerprint density at radius 3 is 2.68 bits per heavy atom. The van der Waals surface area contributed by atoms with Gasteiger partial charge in [0.1, 0.15) is 11.8 Å². The first-order chi connectivity index (χ1) is 14.8. The maximum Gasteiger partial charge on any atom is 0.287 e. The number of amides is 2. The summed E-state index contributed by atoms with van der Waals surface area (Å²) in [6.07, 6.45) is 3.99. The van der Waals surface area contributed by atoms with Gasteiger partial charge >= 0.3 is 0 Å². The molecule has 0 bridgehead atoms. The number of carbonyl (C=O) groups is 2. The summed E-state index contributed by atoms with van der Waals surface area (Å²) in [6, 6.07) is 7.36. The van der Waals surface area contributed by atoms with Gasteiger partial charge in [-0.2, -0.15) is 0 Å². The fraction of sp³-hybridized carbons (Fsp3) is 0.100. The van der Waals surface area contributed by atoms with Gasteiger partial charge in [-0.25, -0.2) is 4.98 Å². The Morgan fingerprint density at radius 2 is 2.06 bits per heavy atom. The summed E-state index contributed by atoms with van der Waals surface area (Å²) >= 11 is 5.02. The second-order valence-electron chi connectivity index (χ2n) is 6.15. The zero-order valence-corrected chi connectivity index (χ0v) is 17.0. The van der Waals surface area contributed by atoms with Gasteiger partial charge in [0, 0.05) is 18.7 Å². The Kier molecular flexibility index (Phi) is 6.36. The quantitative estimate of drug-likeness (QED) is 0.174. The molecule has 0 atom stereocenters. The summed E-state index contributed by atoms with van der Waals surface area (Å²) in [5.41, 5.74) is 0.246. The average molecular weight is 440 g/mol. The highest BCUT2D eigenvalue weighted by Gasteiger charge is 2.32. The molecule has 1 N–H and O–H groups in total. The molecule has 3 rings (SSSR count). The highest BCUT2D eigenvalue weighted by atomic mass is 32.1. The second kappa shape index (κ2) is 9.13. The predicted octanol–water partition coefficient (Wildman–Crippen LogP) is 2.60. The second-order valence-corrected chi connectivity index (χ2v) is 6.53. The van der Waals surface area contributed by atoms with Gasteiger partial charge in [-0.1, -0.05) is 12.1 Å². The lowest BCUT2D eigenvalue weighted by atomic mass is 10.1. The summed E-state index contributed by atoms with van der Waals surface area (Å²) in [4.78, 5) is 40.2. The number of carbonyl (C=O) groups excluding carboxylic acids is 2. The SMILES string of the molecule is C=CCN1C(=O)/C(=C/c2ccc(Oc3ccc([N+](=O)[O-])cn3)c(OC)c2)C(=O)NC1=S. The number of pyridine rings is 1. The molecule has 10 nitrogen and oxygen atoms in total. The predicted molar refractivity (Wildman–Crippen MR) is 115 cm³/mol. The molecule has 0 radical (unpaired) electrons. The highest BCUT2D eigenvalue weighted by molar-refractivity contribution is 7.80. The molecule has 1 fully saturated rings. The number of nitro groups is 1. The van der Waals surface area contributed by atoms with Crippen molar-refractivity contribution >= 4 is 40.9 Å². The Hall–Kier alpha value is -4.12. The van der Waals surface area contributed by atoms with Crippen molar-refractivity contribution in [2.45, 2.75) is 0 Å². The van der Waals surface area contributed by atoms with Gasteiger partial charge in [0.25, 0.3) is 17.5 Å². The van der Waals surface area contributed by atoms with Gasteiger partial charge in [0.2, 0.25) is 5.88 Å². The lowest BCUT2D eigenvalue weighted by molar-refractivity contribution is -0.385. The third-order valence-electron chi connectivity index (χ3n) is 4.14. The van der Waals surface area contributed by atoms with Crippen LogP contribution in [0.2, 0.25) is 0 Å². The van der Waals surface area contributed by atoms with Crippen LogP contribution >= 0.6 is 12.2 Å². The minimum absolute atomic E-state index is 0.0176. The largest absolute Gasteiger partial charge is 0.493 e. The van der Waals surface area contributed by atoms with Crippen molar-refractivity contribution in [2.75, 3.05) is 13.7 Å². The summed E-state index contributed by atoms with van der Waals surface area (Å²) in [6.45, 7) is 3.74. The zero-order chi connectivity index (χ0) is 22.5. The minimum Gasteiger partial charge on any atom is -0.493 e. The molecule has 0 saturated carbocycles. The number of benzene rings is 1. The molecule has 2 amide bonds. The van der Waals surface area contributed by atoms with Crippen LogP contribution in [0.3, 0.4) is 0 Å². The number of hydrogen-bond acceptors (Lipinski definition) is 8. The number of aromatic nitrogens is 1. The third-order valence-corrected chi connectivity index (χ3v) is 4.46. The number of rotatable bonds is 7. The number of nitrogens with zero attached hydrogens (tertiary/aromatic N) is 3. The molecule has 1 saturated heterocycles. The molecular weight excluding hydrogens is 424 g/mol. The number of methoxy groups -OCH3 is 1. The van der Waals surface area contributed by atoms with Crippen LogP contribution in [0.4, 0.5) is 5.69 Å². The van der Waals surface area contributed by atoms with Crippen LogP contribution in [0, 0.1) is 10.1 Å². The minimum atomic E-state index is -0.607. The molecule has 1 aromatic carbocycles. The Bertz CT molecular complexity index is 1110. The van der Waals surface area contributed by atoms with E-state index in [1.807, 2.05) is 0 Å². The molecule has 1 aliphatic rings. The van der Waals surface area contributed by atoms with Crippen LogP contribution in [-0.4, -0.2) is 45.4 Å². The molecule has 2 heterocycles. The van der Waals surface area contributed by atoms with Gasteiger partial charge in [-0.15, -0.1) is 6.58 Å².